The van der Waals surface area contributed by atoms with Crippen molar-refractivity contribution in [3.05, 3.63) is 36.3 Å². The van der Waals surface area contributed by atoms with E-state index in [1.54, 1.807) is 11.1 Å². The SMILES string of the molecule is CC(C)(C)OC(=O)N1C[C@H](O)C[C@H]1c1ncc(-c2ccc(B3OC(C)(C)C(C)(C)O3)cc2)[nH]1. The van der Waals surface area contributed by atoms with E-state index in [0.717, 1.165) is 16.7 Å². The standard InChI is InChI=1S/C24H34BN3O5/c1-22(2,3)31-21(30)28-14-17(29)12-19(28)20-26-13-18(27-20)15-8-10-16(11-9-15)25-32-23(4,5)24(6,7)33-25/h8-11,13,17,19,29H,12,14H2,1-7H3,(H,26,27)/t17-,19+/m1/s1. The molecule has 0 saturated carbocycles. The number of likely N-dealkylation sites (tertiary alicyclic amines) is 1. The van der Waals surface area contributed by atoms with Crippen molar-refractivity contribution in [1.29, 1.82) is 0 Å². The number of aromatic nitrogens is 2. The molecule has 178 valence electrons. The van der Waals surface area contributed by atoms with Crippen LogP contribution in [0.15, 0.2) is 30.5 Å². The number of aromatic amines is 1. The first-order valence-electron chi connectivity index (χ1n) is 11.4. The molecule has 33 heavy (non-hydrogen) atoms. The van der Waals surface area contributed by atoms with Crippen LogP contribution in [0.2, 0.25) is 0 Å². The molecule has 3 heterocycles. The first-order valence-corrected chi connectivity index (χ1v) is 11.4. The number of carbonyl (C=O) groups is 1. The van der Waals surface area contributed by atoms with Gasteiger partial charge in [0.25, 0.3) is 0 Å². The second-order valence-corrected chi connectivity index (χ2v) is 10.9. The van der Waals surface area contributed by atoms with Gasteiger partial charge in [-0.05, 0) is 59.5 Å². The summed E-state index contributed by atoms with van der Waals surface area (Å²) in [6, 6.07) is 7.60. The van der Waals surface area contributed by atoms with E-state index in [-0.39, 0.29) is 23.8 Å². The number of rotatable bonds is 3. The van der Waals surface area contributed by atoms with Gasteiger partial charge in [-0.2, -0.15) is 0 Å². The van der Waals surface area contributed by atoms with Crippen molar-refractivity contribution in [2.75, 3.05) is 6.54 Å². The van der Waals surface area contributed by atoms with Gasteiger partial charge in [0.1, 0.15) is 11.4 Å². The van der Waals surface area contributed by atoms with E-state index in [9.17, 15) is 9.90 Å². The highest BCUT2D eigenvalue weighted by molar-refractivity contribution is 6.62. The van der Waals surface area contributed by atoms with Crippen LogP contribution in [0.5, 0.6) is 0 Å². The van der Waals surface area contributed by atoms with E-state index in [4.69, 9.17) is 14.0 Å². The van der Waals surface area contributed by atoms with Gasteiger partial charge >= 0.3 is 13.2 Å². The Morgan fingerprint density at radius 3 is 2.36 bits per heavy atom. The number of nitrogens with one attached hydrogen (secondary N) is 1. The Labute approximate surface area is 195 Å². The van der Waals surface area contributed by atoms with Gasteiger partial charge in [-0.1, -0.05) is 24.3 Å². The summed E-state index contributed by atoms with van der Waals surface area (Å²) < 4.78 is 17.8. The third-order valence-electron chi connectivity index (χ3n) is 6.57. The fraction of sp³-hybridized carbons (Fsp3) is 0.583. The van der Waals surface area contributed by atoms with Crippen molar-refractivity contribution in [2.45, 2.75) is 83.8 Å². The van der Waals surface area contributed by atoms with Crippen LogP contribution in [0, 0.1) is 0 Å². The van der Waals surface area contributed by atoms with Crippen LogP contribution in [0.25, 0.3) is 11.3 Å². The summed E-state index contributed by atoms with van der Waals surface area (Å²) in [7, 11) is -0.413. The molecule has 2 saturated heterocycles. The lowest BCUT2D eigenvalue weighted by Crippen LogP contribution is -2.41. The second-order valence-electron chi connectivity index (χ2n) is 10.9. The van der Waals surface area contributed by atoms with Crippen LogP contribution in [0.1, 0.15) is 66.8 Å². The van der Waals surface area contributed by atoms with Gasteiger partial charge in [0, 0.05) is 6.42 Å². The Morgan fingerprint density at radius 2 is 1.79 bits per heavy atom. The predicted molar refractivity (Wildman–Crippen MR) is 126 cm³/mol. The average Bonchev–Trinajstić information content (AvgIpc) is 3.37. The molecule has 2 atom stereocenters. The zero-order chi connectivity index (χ0) is 24.2. The number of ether oxygens (including phenoxy) is 1. The van der Waals surface area contributed by atoms with E-state index in [1.807, 2.05) is 72.7 Å². The number of hydrogen-bond acceptors (Lipinski definition) is 6. The Kier molecular flexibility index (Phi) is 5.87. The van der Waals surface area contributed by atoms with Gasteiger partial charge in [0.2, 0.25) is 0 Å². The van der Waals surface area contributed by atoms with E-state index in [0.29, 0.717) is 12.2 Å². The Bertz CT molecular complexity index is 996. The lowest BCUT2D eigenvalue weighted by atomic mass is 9.79. The molecule has 4 rings (SSSR count). The number of β-amino-alcohol motifs (C(OH)–C–C–N with tert-alkyl or cyclic N) is 1. The third kappa shape index (κ3) is 4.81. The fourth-order valence-electron chi connectivity index (χ4n) is 4.05. The number of hydrogen-bond donors (Lipinski definition) is 2. The van der Waals surface area contributed by atoms with Crippen molar-refractivity contribution < 1.29 is 23.9 Å². The molecule has 2 fully saturated rings. The van der Waals surface area contributed by atoms with E-state index < -0.39 is 24.9 Å². The average molecular weight is 455 g/mol. The van der Waals surface area contributed by atoms with E-state index >= 15 is 0 Å². The van der Waals surface area contributed by atoms with Crippen LogP contribution in [-0.4, -0.2) is 62.6 Å². The van der Waals surface area contributed by atoms with Crippen LogP contribution in [0.3, 0.4) is 0 Å². The maximum atomic E-state index is 12.6. The maximum absolute atomic E-state index is 12.6. The second kappa shape index (κ2) is 8.15. The molecular weight excluding hydrogens is 421 g/mol. The number of nitrogens with zero attached hydrogens (tertiary/aromatic N) is 2. The fourth-order valence-corrected chi connectivity index (χ4v) is 4.05. The quantitative estimate of drug-likeness (QED) is 0.689. The van der Waals surface area contributed by atoms with Gasteiger partial charge in [-0.25, -0.2) is 9.78 Å². The van der Waals surface area contributed by atoms with Crippen molar-refractivity contribution in [2.24, 2.45) is 0 Å². The number of amides is 1. The van der Waals surface area contributed by atoms with Crippen molar-refractivity contribution in [3.8, 4) is 11.3 Å². The van der Waals surface area contributed by atoms with Gasteiger partial charge < -0.3 is 24.1 Å². The molecule has 0 radical (unpaired) electrons. The molecule has 2 aliphatic rings. The minimum Gasteiger partial charge on any atom is -0.444 e. The number of aliphatic hydroxyl groups excluding tert-OH is 1. The molecule has 0 aliphatic carbocycles. The number of imidazole rings is 1. The highest BCUT2D eigenvalue weighted by Crippen LogP contribution is 2.37. The summed E-state index contributed by atoms with van der Waals surface area (Å²) >= 11 is 0. The summed E-state index contributed by atoms with van der Waals surface area (Å²) in [5, 5.41) is 10.2. The Balaban J connectivity index is 1.50. The zero-order valence-electron chi connectivity index (χ0n) is 20.5. The van der Waals surface area contributed by atoms with Crippen LogP contribution in [-0.2, 0) is 14.0 Å². The molecule has 9 heteroatoms. The molecule has 1 amide bonds. The van der Waals surface area contributed by atoms with Gasteiger partial charge in [-0.3, -0.25) is 4.90 Å². The van der Waals surface area contributed by atoms with Gasteiger partial charge in [0.15, 0.2) is 0 Å². The van der Waals surface area contributed by atoms with Crippen LogP contribution >= 0.6 is 0 Å². The Hall–Kier alpha value is -2.36. The van der Waals surface area contributed by atoms with Gasteiger partial charge in [0.05, 0.1) is 41.8 Å². The number of H-pyrrole nitrogens is 1. The topological polar surface area (TPSA) is 96.9 Å². The molecule has 0 bridgehead atoms. The lowest BCUT2D eigenvalue weighted by Gasteiger charge is -2.32. The van der Waals surface area contributed by atoms with E-state index in [2.05, 4.69) is 9.97 Å². The maximum Gasteiger partial charge on any atom is 0.494 e. The summed E-state index contributed by atoms with van der Waals surface area (Å²) in [4.78, 5) is 22.0. The summed E-state index contributed by atoms with van der Waals surface area (Å²) in [6.07, 6.45) is 1.09. The van der Waals surface area contributed by atoms with Crippen molar-refractivity contribution >= 4 is 18.7 Å². The molecule has 0 unspecified atom stereocenters. The van der Waals surface area contributed by atoms with Crippen molar-refractivity contribution in [3.63, 3.8) is 0 Å². The molecule has 8 nitrogen and oxygen atoms in total. The minimum atomic E-state index is -0.615. The normalized spacial score (nSPS) is 24.4. The summed E-state index contributed by atoms with van der Waals surface area (Å²) in [5.74, 6) is 0.627. The molecule has 2 aromatic rings. The molecule has 2 aliphatic heterocycles. The first kappa shape index (κ1) is 23.8. The molecule has 1 aromatic carbocycles. The third-order valence-corrected chi connectivity index (χ3v) is 6.57. The number of aliphatic hydroxyl groups is 1. The highest BCUT2D eigenvalue weighted by atomic mass is 16.7. The smallest absolute Gasteiger partial charge is 0.444 e. The molecule has 1 aromatic heterocycles. The molecular formula is C24H34BN3O5. The Morgan fingerprint density at radius 1 is 1.18 bits per heavy atom. The number of carbonyl (C=O) groups excluding carboxylic acids is 1. The molecule has 0 spiro atoms. The first-order chi connectivity index (χ1) is 15.3. The summed E-state index contributed by atoms with van der Waals surface area (Å²) in [6.45, 7) is 13.8. The number of benzene rings is 1. The van der Waals surface area contributed by atoms with E-state index in [1.165, 1.54) is 0 Å². The largest absolute Gasteiger partial charge is 0.494 e. The summed E-state index contributed by atoms with van der Waals surface area (Å²) in [5.41, 5.74) is 1.35. The van der Waals surface area contributed by atoms with Crippen LogP contribution < -0.4 is 5.46 Å². The minimum absolute atomic E-state index is 0.221. The monoisotopic (exact) mass is 455 g/mol. The highest BCUT2D eigenvalue weighted by Gasteiger charge is 2.51. The molecule has 2 N–H and O–H groups in total. The van der Waals surface area contributed by atoms with Crippen molar-refractivity contribution in [1.82, 2.24) is 14.9 Å². The lowest BCUT2D eigenvalue weighted by molar-refractivity contribution is 0.00578. The zero-order valence-corrected chi connectivity index (χ0v) is 20.5. The van der Waals surface area contributed by atoms with Gasteiger partial charge in [-0.15, -0.1) is 0 Å². The predicted octanol–water partition coefficient (Wildman–Crippen LogP) is 3.42. The van der Waals surface area contributed by atoms with Crippen LogP contribution in [0.4, 0.5) is 4.79 Å².